The minimum Gasteiger partial charge on any atom is -0.476 e. The maximum atomic E-state index is 15.5. The summed E-state index contributed by atoms with van der Waals surface area (Å²) >= 11 is 0. The fourth-order valence-corrected chi connectivity index (χ4v) is 5.41. The van der Waals surface area contributed by atoms with Gasteiger partial charge in [0.2, 0.25) is 6.10 Å². The van der Waals surface area contributed by atoms with Gasteiger partial charge in [-0.05, 0) is 29.8 Å². The molecule has 4 rings (SSSR count). The van der Waals surface area contributed by atoms with E-state index < -0.39 is 141 Å². The van der Waals surface area contributed by atoms with Crippen LogP contribution in [0, 0.1) is 5.82 Å². The molecule has 0 spiro atoms. The molecule has 69 heavy (non-hydrogen) atoms. The average Bonchev–Trinajstić information content (AvgIpc) is 3.47. The summed E-state index contributed by atoms with van der Waals surface area (Å²) in [6.07, 6.45) is -27.7. The Morgan fingerprint density at radius 2 is 0.797 bits per heavy atom. The van der Waals surface area contributed by atoms with Crippen molar-refractivity contribution >= 4 is 0 Å². The quantitative estimate of drug-likeness (QED) is 0.142. The molecule has 0 amide bonds. The Kier molecular flexibility index (Phi) is 12.8. The predicted octanol–water partition coefficient (Wildman–Crippen LogP) is 13.9. The zero-order valence-electron chi connectivity index (χ0n) is 30.9. The summed E-state index contributed by atoms with van der Waals surface area (Å²) in [5.41, 5.74) is -5.35. The van der Waals surface area contributed by atoms with Gasteiger partial charge >= 0.3 is 89.5 Å². The minimum absolute atomic E-state index is 0.0196. The van der Waals surface area contributed by atoms with E-state index in [1.54, 1.807) is 0 Å². The van der Waals surface area contributed by atoms with Crippen molar-refractivity contribution in [2.24, 2.45) is 0 Å². The summed E-state index contributed by atoms with van der Waals surface area (Å²) in [6, 6.07) is 0.627. The molecule has 0 bridgehead atoms. The van der Waals surface area contributed by atoms with Crippen LogP contribution in [0.1, 0.15) is 5.56 Å². The molecule has 1 aliphatic rings. The summed E-state index contributed by atoms with van der Waals surface area (Å²) < 4.78 is 460. The van der Waals surface area contributed by atoms with Crippen molar-refractivity contribution < 1.29 is 154 Å². The lowest BCUT2D eigenvalue weighted by Crippen LogP contribution is -2.74. The van der Waals surface area contributed by atoms with Crippen molar-refractivity contribution in [3.63, 3.8) is 0 Å². The molecule has 1 unspecified atom stereocenters. The number of fused-ring (bicyclic) bond motifs is 1. The van der Waals surface area contributed by atoms with E-state index >= 15 is 13.2 Å². The Bertz CT molecular complexity index is 2390. The Balaban J connectivity index is 1.62. The number of nitrogens with zero attached hydrogens (tertiary/aromatic N) is 2. The fraction of sp³-hybridized carbons (Fsp3) is 0.500. The van der Waals surface area contributed by atoms with E-state index in [1.807, 2.05) is 0 Å². The van der Waals surface area contributed by atoms with Crippen LogP contribution in [0.4, 0.5) is 145 Å². The van der Waals surface area contributed by atoms with Gasteiger partial charge in [0.1, 0.15) is 22.9 Å². The zero-order chi connectivity index (χ0) is 54.2. The van der Waals surface area contributed by atoms with Gasteiger partial charge in [0, 0.05) is 18.0 Å². The number of aromatic nitrogens is 2. The van der Waals surface area contributed by atoms with Gasteiger partial charge in [0.25, 0.3) is 0 Å². The van der Waals surface area contributed by atoms with E-state index in [0.717, 1.165) is 0 Å². The second-order valence-corrected chi connectivity index (χ2v) is 13.7. The second kappa shape index (κ2) is 15.7. The van der Waals surface area contributed by atoms with Gasteiger partial charge in [-0.15, -0.1) is 0 Å². The molecule has 1 atom stereocenters. The molecule has 3 aromatic rings. The Labute approximate surface area is 355 Å². The van der Waals surface area contributed by atoms with Gasteiger partial charge in [0.15, 0.2) is 5.82 Å². The van der Waals surface area contributed by atoms with Gasteiger partial charge in [-0.25, -0.2) is 14.4 Å². The summed E-state index contributed by atoms with van der Waals surface area (Å²) in [4.78, 5) is 6.62. The van der Waals surface area contributed by atoms with E-state index in [2.05, 4.69) is 19.4 Å². The first kappa shape index (κ1) is 56.4. The van der Waals surface area contributed by atoms with Gasteiger partial charge in [-0.2, -0.15) is 140 Å². The van der Waals surface area contributed by atoms with Crippen molar-refractivity contribution in [2.45, 2.75) is 95.6 Å². The first-order chi connectivity index (χ1) is 30.3. The lowest BCUT2D eigenvalue weighted by Gasteiger charge is -2.42. The van der Waals surface area contributed by atoms with Crippen molar-refractivity contribution in [3.8, 4) is 34.0 Å². The van der Waals surface area contributed by atoms with Crippen LogP contribution in [-0.2, 0) is 5.92 Å². The smallest absolute Gasteiger partial charge is 0.471 e. The molecular weight excluding hydrogens is 1070 g/mol. The first-order valence-corrected chi connectivity index (χ1v) is 16.4. The number of ether oxygens (including phenoxy) is 2. The molecule has 1 aromatic heterocycles. The van der Waals surface area contributed by atoms with Gasteiger partial charge < -0.3 is 9.47 Å². The number of benzene rings is 2. The van der Waals surface area contributed by atoms with Crippen molar-refractivity contribution in [3.05, 3.63) is 60.2 Å². The van der Waals surface area contributed by atoms with E-state index in [1.165, 1.54) is 0 Å². The van der Waals surface area contributed by atoms with Crippen molar-refractivity contribution in [1.82, 2.24) is 9.97 Å². The number of hydrogen-bond donors (Lipinski definition) is 0. The summed E-state index contributed by atoms with van der Waals surface area (Å²) in [5.74, 6) is -107. The predicted molar refractivity (Wildman–Crippen MR) is 153 cm³/mol. The molecule has 0 saturated carbocycles. The van der Waals surface area contributed by atoms with Gasteiger partial charge in [0.05, 0.1) is 5.56 Å². The highest BCUT2D eigenvalue weighted by atomic mass is 19.4. The molecule has 0 saturated heterocycles. The van der Waals surface area contributed by atoms with Crippen LogP contribution in [0.3, 0.4) is 0 Å². The van der Waals surface area contributed by atoms with Crippen LogP contribution in [-0.4, -0.2) is 99.7 Å². The highest BCUT2D eigenvalue weighted by Gasteiger charge is 2.96. The van der Waals surface area contributed by atoms with E-state index in [9.17, 15) is 132 Å². The summed E-state index contributed by atoms with van der Waals surface area (Å²) in [6.45, 7) is 0. The maximum Gasteiger partial charge on any atom is 0.471 e. The number of rotatable bonds is 15. The van der Waals surface area contributed by atoms with Gasteiger partial charge in [-0.1, -0.05) is 12.1 Å². The van der Waals surface area contributed by atoms with Crippen LogP contribution in [0.2, 0.25) is 0 Å². The lowest BCUT2D eigenvalue weighted by atomic mass is 9.87. The average molecular weight is 1080 g/mol. The molecule has 4 nitrogen and oxygen atoms in total. The Hall–Kier alpha value is -5.19. The lowest BCUT2D eigenvalue weighted by molar-refractivity contribution is -0.465. The summed E-state index contributed by atoms with van der Waals surface area (Å²) in [7, 11) is 0. The normalized spacial score (nSPS) is 17.7. The highest BCUT2D eigenvalue weighted by Crippen LogP contribution is 2.66. The van der Waals surface area contributed by atoms with Crippen LogP contribution < -0.4 is 9.47 Å². The molecular formula is C32H9F33N2O2. The van der Waals surface area contributed by atoms with Crippen LogP contribution in [0.5, 0.6) is 11.5 Å². The molecule has 2 aromatic carbocycles. The third-order valence-corrected chi connectivity index (χ3v) is 9.32. The number of hydrogen-bond acceptors (Lipinski definition) is 4. The largest absolute Gasteiger partial charge is 0.476 e. The second-order valence-electron chi connectivity index (χ2n) is 13.7. The van der Waals surface area contributed by atoms with Crippen molar-refractivity contribution in [2.75, 3.05) is 0 Å². The van der Waals surface area contributed by atoms with Crippen LogP contribution >= 0.6 is 0 Å². The monoisotopic (exact) mass is 1080 g/mol. The molecule has 1 aliphatic heterocycles. The van der Waals surface area contributed by atoms with Crippen LogP contribution in [0.25, 0.3) is 22.5 Å². The molecule has 0 N–H and O–H groups in total. The molecule has 390 valence electrons. The third-order valence-electron chi connectivity index (χ3n) is 9.32. The van der Waals surface area contributed by atoms with Crippen LogP contribution in [0.15, 0.2) is 48.8 Å². The standard InChI is InChI=1S/C32H9F33N2O2/c33-15-12(5-6-13-14(15)18(34,35)17(68-13)19(36,37)20(38,39)21(40,41)22(42,43)24(46,47)27(52,53)30(58,59)60)16-66-7-10(8-67-16)9-1-3-11(4-2-9)69-32(64,65)29(56,57)26(50,51)23(44,45)25(48,49)28(54,55)31(61,62)63/h1-8,17H. The Morgan fingerprint density at radius 1 is 0.435 bits per heavy atom. The first-order valence-electron chi connectivity index (χ1n) is 16.4. The minimum atomic E-state index is -8.90. The van der Waals surface area contributed by atoms with Gasteiger partial charge in [-0.3, -0.25) is 0 Å². The Morgan fingerprint density at radius 3 is 1.19 bits per heavy atom. The fourth-order valence-electron chi connectivity index (χ4n) is 5.41. The molecule has 0 radical (unpaired) electrons. The molecule has 2 heterocycles. The van der Waals surface area contributed by atoms with E-state index in [-0.39, 0.29) is 24.3 Å². The van der Waals surface area contributed by atoms with E-state index in [4.69, 9.17) is 0 Å². The number of halogens is 33. The van der Waals surface area contributed by atoms with E-state index in [0.29, 0.717) is 24.5 Å². The van der Waals surface area contributed by atoms with Crippen molar-refractivity contribution in [1.29, 1.82) is 0 Å². The number of alkyl halides is 32. The molecule has 0 fully saturated rings. The third kappa shape index (κ3) is 7.60. The zero-order valence-corrected chi connectivity index (χ0v) is 30.9. The molecule has 0 aliphatic carbocycles. The summed E-state index contributed by atoms with van der Waals surface area (Å²) in [5, 5.41) is 0. The maximum absolute atomic E-state index is 15.5. The SMILES string of the molecule is Fc1c(-c2ncc(-c3ccc(OC(F)(F)C(F)(F)C(F)(F)C(F)(F)C(F)(F)C(F)(F)C(F)(F)F)cc3)cn2)ccc2c1C(F)(F)C(C(F)(F)C(F)(F)C(F)(F)C(F)(F)C(F)(F)C(F)(F)C(F)(F)F)O2. The highest BCUT2D eigenvalue weighted by molar-refractivity contribution is 5.66. The topological polar surface area (TPSA) is 44.2 Å². The molecule has 37 heteroatoms.